The Morgan fingerprint density at radius 3 is 2.41 bits per heavy atom. The van der Waals surface area contributed by atoms with Crippen LogP contribution >= 0.6 is 0 Å². The van der Waals surface area contributed by atoms with Gasteiger partial charge in [-0.3, -0.25) is 9.59 Å². The number of carbonyl (C=O) groups is 2. The number of aromatic nitrogens is 2. The highest BCUT2D eigenvalue weighted by atomic mass is 16.5. The van der Waals surface area contributed by atoms with E-state index in [1.165, 1.54) is 0 Å². The Kier molecular flexibility index (Phi) is 5.61. The summed E-state index contributed by atoms with van der Waals surface area (Å²) in [5.74, 6) is -0.00397. The lowest BCUT2D eigenvalue weighted by atomic mass is 10.0. The van der Waals surface area contributed by atoms with Crippen molar-refractivity contribution in [2.24, 2.45) is 5.92 Å². The van der Waals surface area contributed by atoms with Gasteiger partial charge < -0.3 is 15.2 Å². The molecule has 1 atom stereocenters. The summed E-state index contributed by atoms with van der Waals surface area (Å²) in [6, 6.07) is 17.1. The van der Waals surface area contributed by atoms with Gasteiger partial charge in [0.05, 0.1) is 28.4 Å². The standard InChI is InChI=1S/C27H26N4O3/c1-15-4-6-19(7-5-15)23-14-22(24-17(3)31-34-27(24)30-23)26(33)28-16(2)18-10-12-21(13-11-18)29-25(32)20-8-9-20/h4-7,10-14,16,20H,8-9H2,1-3H3,(H,28,33)(H,29,32). The molecule has 0 radical (unpaired) electrons. The maximum atomic E-state index is 13.4. The minimum absolute atomic E-state index is 0.0734. The van der Waals surface area contributed by atoms with Crippen molar-refractivity contribution in [2.45, 2.75) is 39.7 Å². The molecule has 5 rings (SSSR count). The lowest BCUT2D eigenvalue weighted by Crippen LogP contribution is -2.27. The highest BCUT2D eigenvalue weighted by molar-refractivity contribution is 6.07. The van der Waals surface area contributed by atoms with E-state index < -0.39 is 0 Å². The Labute approximate surface area is 197 Å². The van der Waals surface area contributed by atoms with Crippen molar-refractivity contribution in [2.75, 3.05) is 5.32 Å². The van der Waals surface area contributed by atoms with E-state index in [4.69, 9.17) is 4.52 Å². The van der Waals surface area contributed by atoms with Crippen LogP contribution in [0.4, 0.5) is 5.69 Å². The van der Waals surface area contributed by atoms with Crippen LogP contribution in [0.15, 0.2) is 59.1 Å². The molecule has 4 aromatic rings. The largest absolute Gasteiger partial charge is 0.345 e. The van der Waals surface area contributed by atoms with Crippen LogP contribution in [0, 0.1) is 19.8 Å². The molecule has 7 nitrogen and oxygen atoms in total. The summed E-state index contributed by atoms with van der Waals surface area (Å²) in [6.07, 6.45) is 1.93. The third-order valence-electron chi connectivity index (χ3n) is 6.18. The second-order valence-electron chi connectivity index (χ2n) is 8.95. The second kappa shape index (κ2) is 8.74. The molecule has 2 aromatic heterocycles. The molecule has 1 unspecified atom stereocenters. The van der Waals surface area contributed by atoms with Crippen LogP contribution in [0.25, 0.3) is 22.4 Å². The molecule has 2 heterocycles. The van der Waals surface area contributed by atoms with E-state index in [0.29, 0.717) is 28.1 Å². The number of hydrogen-bond acceptors (Lipinski definition) is 5. The zero-order chi connectivity index (χ0) is 23.8. The van der Waals surface area contributed by atoms with Gasteiger partial charge in [0.15, 0.2) is 0 Å². The third-order valence-corrected chi connectivity index (χ3v) is 6.18. The first-order valence-electron chi connectivity index (χ1n) is 11.4. The normalized spacial score (nSPS) is 14.1. The minimum Gasteiger partial charge on any atom is -0.345 e. The van der Waals surface area contributed by atoms with Gasteiger partial charge in [-0.2, -0.15) is 0 Å². The first-order chi connectivity index (χ1) is 16.4. The molecule has 1 fully saturated rings. The molecular weight excluding hydrogens is 428 g/mol. The Hall–Kier alpha value is -4.00. The van der Waals surface area contributed by atoms with Gasteiger partial charge in [-0.25, -0.2) is 4.98 Å². The number of fused-ring (bicyclic) bond motifs is 1. The number of carbonyl (C=O) groups excluding carboxylic acids is 2. The van der Waals surface area contributed by atoms with E-state index in [1.807, 2.05) is 62.4 Å². The molecule has 1 saturated carbocycles. The molecule has 0 saturated heterocycles. The maximum absolute atomic E-state index is 13.4. The highest BCUT2D eigenvalue weighted by Gasteiger charge is 2.29. The molecule has 7 heteroatoms. The van der Waals surface area contributed by atoms with E-state index in [0.717, 1.165) is 35.2 Å². The van der Waals surface area contributed by atoms with Gasteiger partial charge in [-0.1, -0.05) is 47.1 Å². The Bertz CT molecular complexity index is 1370. The van der Waals surface area contributed by atoms with Crippen molar-refractivity contribution in [3.8, 4) is 11.3 Å². The zero-order valence-electron chi connectivity index (χ0n) is 19.4. The average Bonchev–Trinajstić information content (AvgIpc) is 3.62. The average molecular weight is 455 g/mol. The molecule has 1 aliphatic rings. The van der Waals surface area contributed by atoms with Crippen molar-refractivity contribution in [3.63, 3.8) is 0 Å². The van der Waals surface area contributed by atoms with E-state index in [-0.39, 0.29) is 23.8 Å². The molecule has 172 valence electrons. The molecule has 2 amide bonds. The Morgan fingerprint density at radius 2 is 1.74 bits per heavy atom. The molecule has 2 N–H and O–H groups in total. The molecular formula is C27H26N4O3. The van der Waals surface area contributed by atoms with E-state index in [9.17, 15) is 9.59 Å². The fourth-order valence-corrected chi connectivity index (χ4v) is 3.95. The number of benzene rings is 2. The lowest BCUT2D eigenvalue weighted by molar-refractivity contribution is -0.117. The van der Waals surface area contributed by atoms with Crippen LogP contribution in [0.5, 0.6) is 0 Å². The van der Waals surface area contributed by atoms with Gasteiger partial charge in [0, 0.05) is 17.2 Å². The molecule has 0 aliphatic heterocycles. The summed E-state index contributed by atoms with van der Waals surface area (Å²) in [6.45, 7) is 5.75. The van der Waals surface area contributed by atoms with Crippen molar-refractivity contribution in [1.29, 1.82) is 0 Å². The number of nitrogens with one attached hydrogen (secondary N) is 2. The zero-order valence-corrected chi connectivity index (χ0v) is 19.4. The van der Waals surface area contributed by atoms with E-state index >= 15 is 0 Å². The first kappa shape index (κ1) is 21.8. The van der Waals surface area contributed by atoms with Gasteiger partial charge in [0.25, 0.3) is 11.6 Å². The predicted molar refractivity (Wildman–Crippen MR) is 130 cm³/mol. The summed E-state index contributed by atoms with van der Waals surface area (Å²) in [5.41, 5.74) is 5.81. The van der Waals surface area contributed by atoms with E-state index in [2.05, 4.69) is 20.8 Å². The summed E-state index contributed by atoms with van der Waals surface area (Å²) >= 11 is 0. The van der Waals surface area contributed by atoms with Crippen molar-refractivity contribution in [1.82, 2.24) is 15.5 Å². The number of anilines is 1. The number of hydrogen-bond donors (Lipinski definition) is 2. The quantitative estimate of drug-likeness (QED) is 0.410. The molecule has 2 aromatic carbocycles. The Morgan fingerprint density at radius 1 is 1.03 bits per heavy atom. The number of pyridine rings is 1. The lowest BCUT2D eigenvalue weighted by Gasteiger charge is -2.16. The highest BCUT2D eigenvalue weighted by Crippen LogP contribution is 2.31. The number of rotatable bonds is 6. The fraction of sp³-hybridized carbons (Fsp3) is 0.259. The van der Waals surface area contributed by atoms with Crippen LogP contribution < -0.4 is 10.6 Å². The number of nitrogens with zero attached hydrogens (tertiary/aromatic N) is 2. The monoisotopic (exact) mass is 454 g/mol. The smallest absolute Gasteiger partial charge is 0.259 e. The van der Waals surface area contributed by atoms with Gasteiger partial charge in [-0.05, 0) is 57.4 Å². The topological polar surface area (TPSA) is 97.1 Å². The third kappa shape index (κ3) is 4.41. The van der Waals surface area contributed by atoms with Gasteiger partial charge in [-0.15, -0.1) is 0 Å². The van der Waals surface area contributed by atoms with Crippen LogP contribution in [0.2, 0.25) is 0 Å². The predicted octanol–water partition coefficient (Wildman–Crippen LogP) is 5.35. The van der Waals surface area contributed by atoms with Crippen LogP contribution in [0.1, 0.15) is 53.0 Å². The molecule has 34 heavy (non-hydrogen) atoms. The summed E-state index contributed by atoms with van der Waals surface area (Å²) < 4.78 is 5.41. The van der Waals surface area contributed by atoms with Gasteiger partial charge in [0.2, 0.25) is 5.91 Å². The van der Waals surface area contributed by atoms with Gasteiger partial charge >= 0.3 is 0 Å². The summed E-state index contributed by atoms with van der Waals surface area (Å²) in [5, 5.41) is 10.6. The van der Waals surface area contributed by atoms with Gasteiger partial charge in [0.1, 0.15) is 0 Å². The number of aryl methyl sites for hydroxylation is 2. The summed E-state index contributed by atoms with van der Waals surface area (Å²) in [4.78, 5) is 29.9. The van der Waals surface area contributed by atoms with Crippen molar-refractivity contribution >= 4 is 28.6 Å². The summed E-state index contributed by atoms with van der Waals surface area (Å²) in [7, 11) is 0. The minimum atomic E-state index is -0.244. The molecule has 1 aliphatic carbocycles. The van der Waals surface area contributed by atoms with Crippen molar-refractivity contribution in [3.05, 3.63) is 77.0 Å². The molecule has 0 bridgehead atoms. The molecule has 0 spiro atoms. The fourth-order valence-electron chi connectivity index (χ4n) is 3.95. The Balaban J connectivity index is 1.38. The second-order valence-corrected chi connectivity index (χ2v) is 8.95. The van der Waals surface area contributed by atoms with E-state index in [1.54, 1.807) is 13.0 Å². The van der Waals surface area contributed by atoms with Crippen LogP contribution in [-0.4, -0.2) is 22.0 Å². The van der Waals surface area contributed by atoms with Crippen LogP contribution in [-0.2, 0) is 4.79 Å². The number of amides is 2. The maximum Gasteiger partial charge on any atom is 0.259 e. The van der Waals surface area contributed by atoms with Crippen molar-refractivity contribution < 1.29 is 14.1 Å². The SMILES string of the molecule is Cc1ccc(-c2cc(C(=O)NC(C)c3ccc(NC(=O)C4CC4)cc3)c3c(C)noc3n2)cc1. The first-order valence-corrected chi connectivity index (χ1v) is 11.4. The van der Waals surface area contributed by atoms with Crippen LogP contribution in [0.3, 0.4) is 0 Å².